The highest BCUT2D eigenvalue weighted by Crippen LogP contribution is 2.38. The zero-order valence-corrected chi connectivity index (χ0v) is 26.7. The van der Waals surface area contributed by atoms with Gasteiger partial charge in [-0.25, -0.2) is 4.79 Å². The normalized spacial score (nSPS) is 21.5. The first-order valence-corrected chi connectivity index (χ1v) is 14.4. The molecule has 254 valence electrons. The van der Waals surface area contributed by atoms with Crippen molar-refractivity contribution in [2.24, 2.45) is 0 Å². The standard InChI is InChI=1S/C32H37NO14/c1-18(34)33-28-26(42-20(3)36)16-32(31(39)40-6,46-25-14-12-24(13-15-25)45-23-10-8-7-9-11-23)47-30(28)29(44-22(5)38)27(43-21(4)37)17-41-19(2)35/h7-15,26-30H,16-17H2,1-6H3,(H,33,34)/t26-,27+,28+,29+,30+,32?/m0/s1. The number of carbonyl (C=O) groups is 6. The predicted molar refractivity (Wildman–Crippen MR) is 159 cm³/mol. The maximum atomic E-state index is 13.5. The van der Waals surface area contributed by atoms with Crippen LogP contribution in [0.25, 0.3) is 0 Å². The number of rotatable bonds is 13. The number of hydrogen-bond donors (Lipinski definition) is 1. The highest BCUT2D eigenvalue weighted by atomic mass is 16.7. The highest BCUT2D eigenvalue weighted by molar-refractivity contribution is 5.79. The molecule has 2 aromatic rings. The third kappa shape index (κ3) is 10.4. The van der Waals surface area contributed by atoms with Crippen LogP contribution in [0, 0.1) is 0 Å². The van der Waals surface area contributed by atoms with E-state index in [9.17, 15) is 28.8 Å². The highest BCUT2D eigenvalue weighted by Gasteiger charge is 2.60. The molecule has 47 heavy (non-hydrogen) atoms. The summed E-state index contributed by atoms with van der Waals surface area (Å²) in [5, 5.41) is 2.60. The molecule has 15 nitrogen and oxygen atoms in total. The number of nitrogens with one attached hydrogen (secondary N) is 1. The van der Waals surface area contributed by atoms with E-state index in [0.717, 1.165) is 34.8 Å². The number of benzene rings is 2. The number of methoxy groups -OCH3 is 1. The summed E-state index contributed by atoms with van der Waals surface area (Å²) in [4.78, 5) is 74.4. The Morgan fingerprint density at radius 2 is 1.40 bits per heavy atom. The van der Waals surface area contributed by atoms with Gasteiger partial charge in [0.2, 0.25) is 5.91 Å². The van der Waals surface area contributed by atoms with Crippen LogP contribution in [0.4, 0.5) is 0 Å². The van der Waals surface area contributed by atoms with E-state index in [-0.39, 0.29) is 5.75 Å². The van der Waals surface area contributed by atoms with Crippen molar-refractivity contribution < 1.29 is 66.7 Å². The molecule has 0 spiro atoms. The van der Waals surface area contributed by atoms with Gasteiger partial charge >= 0.3 is 35.6 Å². The van der Waals surface area contributed by atoms with Gasteiger partial charge in [-0.15, -0.1) is 0 Å². The minimum atomic E-state index is -2.39. The predicted octanol–water partition coefficient (Wildman–Crippen LogP) is 2.38. The Kier molecular flexibility index (Phi) is 12.7. The van der Waals surface area contributed by atoms with Gasteiger partial charge in [0.25, 0.3) is 0 Å². The second kappa shape index (κ2) is 16.4. The van der Waals surface area contributed by atoms with Gasteiger partial charge in [-0.1, -0.05) is 18.2 Å². The molecule has 1 saturated heterocycles. The largest absolute Gasteiger partial charge is 0.464 e. The Balaban J connectivity index is 2.13. The number of carbonyl (C=O) groups excluding carboxylic acids is 6. The van der Waals surface area contributed by atoms with Crippen LogP contribution in [0.15, 0.2) is 54.6 Å². The quantitative estimate of drug-likeness (QED) is 0.244. The third-order valence-corrected chi connectivity index (χ3v) is 6.58. The van der Waals surface area contributed by atoms with Gasteiger partial charge < -0.3 is 43.2 Å². The Hall–Kier alpha value is -5.18. The molecule has 1 unspecified atom stereocenters. The summed E-state index contributed by atoms with van der Waals surface area (Å²) in [6.45, 7) is 4.87. The van der Waals surface area contributed by atoms with Crippen LogP contribution in [0.2, 0.25) is 0 Å². The molecule has 2 aromatic carbocycles. The molecule has 1 aliphatic rings. The molecule has 1 aliphatic heterocycles. The molecule has 0 saturated carbocycles. The van der Waals surface area contributed by atoms with Crippen molar-refractivity contribution in [3.8, 4) is 17.2 Å². The maximum Gasteiger partial charge on any atom is 0.379 e. The van der Waals surface area contributed by atoms with Crippen LogP contribution < -0.4 is 14.8 Å². The van der Waals surface area contributed by atoms with Crippen molar-refractivity contribution in [2.75, 3.05) is 13.7 Å². The fourth-order valence-electron chi connectivity index (χ4n) is 4.89. The summed E-state index contributed by atoms with van der Waals surface area (Å²) in [7, 11) is 1.06. The molecule has 0 aliphatic carbocycles. The van der Waals surface area contributed by atoms with Gasteiger partial charge in [0.15, 0.2) is 12.2 Å². The molecule has 1 heterocycles. The molecule has 1 fully saturated rings. The zero-order chi connectivity index (χ0) is 34.7. The number of para-hydroxylation sites is 1. The lowest BCUT2D eigenvalue weighted by Gasteiger charge is -2.48. The van der Waals surface area contributed by atoms with E-state index in [1.807, 2.05) is 6.07 Å². The molecular formula is C32H37NO14. The maximum absolute atomic E-state index is 13.5. The molecule has 0 aromatic heterocycles. The molecule has 6 atom stereocenters. The Bertz CT molecular complexity index is 1430. The van der Waals surface area contributed by atoms with Gasteiger partial charge in [0, 0.05) is 34.6 Å². The van der Waals surface area contributed by atoms with Gasteiger partial charge in [-0.3, -0.25) is 24.0 Å². The lowest BCUT2D eigenvalue weighted by atomic mass is 9.88. The SMILES string of the molecule is COC(=O)C1(Oc2ccc(Oc3ccccc3)cc2)C[C@H](OC(C)=O)[C@@H](NC(C)=O)[C@H]([C@H](OC(C)=O)[C@@H](COC(C)=O)OC(C)=O)O1. The van der Waals surface area contributed by atoms with E-state index in [1.54, 1.807) is 36.4 Å². The first-order chi connectivity index (χ1) is 22.2. The third-order valence-electron chi connectivity index (χ3n) is 6.58. The summed E-state index contributed by atoms with van der Waals surface area (Å²) >= 11 is 0. The fraction of sp³-hybridized carbons (Fsp3) is 0.438. The van der Waals surface area contributed by atoms with Crippen LogP contribution in [0.1, 0.15) is 41.0 Å². The lowest BCUT2D eigenvalue weighted by molar-refractivity contribution is -0.289. The first-order valence-electron chi connectivity index (χ1n) is 14.4. The molecule has 15 heteroatoms. The van der Waals surface area contributed by atoms with Crippen molar-refractivity contribution in [1.82, 2.24) is 5.32 Å². The van der Waals surface area contributed by atoms with Crippen LogP contribution in [-0.2, 0) is 57.2 Å². The Labute approximate surface area is 270 Å². The van der Waals surface area contributed by atoms with Crippen LogP contribution in [-0.4, -0.2) is 85.7 Å². The summed E-state index contributed by atoms with van der Waals surface area (Å²) < 4.78 is 44.8. The van der Waals surface area contributed by atoms with E-state index >= 15 is 0 Å². The van der Waals surface area contributed by atoms with Gasteiger partial charge in [0.05, 0.1) is 19.6 Å². The summed E-state index contributed by atoms with van der Waals surface area (Å²) in [6, 6.07) is 13.7. The van der Waals surface area contributed by atoms with Gasteiger partial charge in [-0.05, 0) is 36.4 Å². The van der Waals surface area contributed by atoms with Crippen molar-refractivity contribution >= 4 is 35.8 Å². The summed E-state index contributed by atoms with van der Waals surface area (Å²) in [6.07, 6.45) is -6.71. The first kappa shape index (κ1) is 36.3. The number of amides is 1. The summed E-state index contributed by atoms with van der Waals surface area (Å²) in [5.74, 6) is -6.31. The van der Waals surface area contributed by atoms with Gasteiger partial charge in [-0.2, -0.15) is 0 Å². The number of ether oxygens (including phenoxy) is 8. The lowest BCUT2D eigenvalue weighted by Crippen LogP contribution is -2.70. The molecule has 1 N–H and O–H groups in total. The van der Waals surface area contributed by atoms with Crippen molar-refractivity contribution in [3.63, 3.8) is 0 Å². The molecule has 0 radical (unpaired) electrons. The van der Waals surface area contributed by atoms with Crippen LogP contribution >= 0.6 is 0 Å². The van der Waals surface area contributed by atoms with E-state index < -0.39 is 85.0 Å². The minimum absolute atomic E-state index is 0.0783. The van der Waals surface area contributed by atoms with Crippen molar-refractivity contribution in [1.29, 1.82) is 0 Å². The second-order valence-corrected chi connectivity index (χ2v) is 10.4. The smallest absolute Gasteiger partial charge is 0.379 e. The monoisotopic (exact) mass is 659 g/mol. The molecule has 3 rings (SSSR count). The number of esters is 5. The van der Waals surface area contributed by atoms with E-state index in [0.29, 0.717) is 11.5 Å². The van der Waals surface area contributed by atoms with E-state index in [4.69, 9.17) is 37.9 Å². The molecular weight excluding hydrogens is 622 g/mol. The van der Waals surface area contributed by atoms with E-state index in [2.05, 4.69) is 5.32 Å². The average molecular weight is 660 g/mol. The molecule has 1 amide bonds. The second-order valence-electron chi connectivity index (χ2n) is 10.4. The Morgan fingerprint density at radius 1 is 0.809 bits per heavy atom. The average Bonchev–Trinajstić information content (AvgIpc) is 2.99. The minimum Gasteiger partial charge on any atom is -0.464 e. The fourth-order valence-corrected chi connectivity index (χ4v) is 4.89. The Morgan fingerprint density at radius 3 is 1.94 bits per heavy atom. The topological polar surface area (TPSA) is 188 Å². The van der Waals surface area contributed by atoms with E-state index in [1.165, 1.54) is 19.1 Å². The summed E-state index contributed by atoms with van der Waals surface area (Å²) in [5.41, 5.74) is 0. The number of hydrogen-bond acceptors (Lipinski definition) is 14. The van der Waals surface area contributed by atoms with Crippen LogP contribution in [0.3, 0.4) is 0 Å². The van der Waals surface area contributed by atoms with Crippen LogP contribution in [0.5, 0.6) is 17.2 Å². The van der Waals surface area contributed by atoms with Gasteiger partial charge in [0.1, 0.15) is 36.1 Å². The molecule has 0 bridgehead atoms. The van der Waals surface area contributed by atoms with Crippen molar-refractivity contribution in [3.05, 3.63) is 54.6 Å². The zero-order valence-electron chi connectivity index (χ0n) is 26.7. The van der Waals surface area contributed by atoms with Crippen molar-refractivity contribution in [2.45, 2.75) is 77.3 Å².